The standard InChI is InChI=1S/C52H99N3O12/c1-7-8-9-10-21-46-49(65)36(4)25-26-40(57)19-13-18-39(56)20-14-22-47(63)35(3)24-27-42(59)31-44(61)33-45(62)32-43(60)30-41(58)17-12-11-16-34(2)29-37(5)50(67-51(46)66)38(6)48(64)23-15-28-55-52(53)54/h24,29,36-50,56-65H,7-23,25-28,30-33H2,1-6H3,(H4,53,54,55)/b34-29+,35-24+. The number of aliphatic hydroxyl groups excluding tert-OH is 10. The predicted molar refractivity (Wildman–Crippen MR) is 266 cm³/mol. The summed E-state index contributed by atoms with van der Waals surface area (Å²) in [5.74, 6) is -2.42. The summed E-state index contributed by atoms with van der Waals surface area (Å²) in [5.41, 5.74) is 12.7. The van der Waals surface area contributed by atoms with Gasteiger partial charge in [0, 0.05) is 18.4 Å². The first-order valence-electron chi connectivity index (χ1n) is 26.0. The number of carbonyl (C=O) groups is 1. The zero-order valence-corrected chi connectivity index (χ0v) is 42.4. The van der Waals surface area contributed by atoms with Crippen molar-refractivity contribution in [1.82, 2.24) is 0 Å². The Morgan fingerprint density at radius 1 is 0.716 bits per heavy atom. The van der Waals surface area contributed by atoms with Gasteiger partial charge < -0.3 is 67.3 Å². The fraction of sp³-hybridized carbons (Fsp3) is 0.885. The van der Waals surface area contributed by atoms with Crippen molar-refractivity contribution >= 4 is 11.9 Å². The zero-order chi connectivity index (χ0) is 50.5. The highest BCUT2D eigenvalue weighted by molar-refractivity contribution is 5.75. The van der Waals surface area contributed by atoms with E-state index in [4.69, 9.17) is 16.2 Å². The number of nitrogens with two attached hydrogens (primary N) is 2. The molecule has 0 aromatic carbocycles. The largest absolute Gasteiger partial charge is 0.461 e. The molecule has 67 heavy (non-hydrogen) atoms. The molecule has 0 radical (unpaired) electrons. The van der Waals surface area contributed by atoms with Gasteiger partial charge in [0.15, 0.2) is 5.96 Å². The smallest absolute Gasteiger partial charge is 0.311 e. The van der Waals surface area contributed by atoms with Crippen molar-refractivity contribution in [2.24, 2.45) is 40.1 Å². The molecule has 0 aromatic heterocycles. The highest BCUT2D eigenvalue weighted by Gasteiger charge is 2.37. The number of hydrogen-bond acceptors (Lipinski definition) is 13. The van der Waals surface area contributed by atoms with E-state index in [2.05, 4.69) is 18.0 Å². The average Bonchev–Trinajstić information content (AvgIpc) is 3.25. The fourth-order valence-corrected chi connectivity index (χ4v) is 9.43. The molecule has 1 heterocycles. The molecule has 15 nitrogen and oxygen atoms in total. The van der Waals surface area contributed by atoms with E-state index in [0.29, 0.717) is 102 Å². The number of unbranched alkanes of at least 4 members (excludes halogenated alkanes) is 3. The molecule has 0 bridgehead atoms. The molecule has 15 unspecified atom stereocenters. The highest BCUT2D eigenvalue weighted by Crippen LogP contribution is 2.31. The maximum atomic E-state index is 14.3. The Bertz CT molecular complexity index is 1380. The number of nitrogens with zero attached hydrogens (tertiary/aromatic N) is 1. The van der Waals surface area contributed by atoms with Crippen LogP contribution in [-0.4, -0.2) is 137 Å². The van der Waals surface area contributed by atoms with Crippen LogP contribution in [0.15, 0.2) is 28.3 Å². The number of ether oxygens (including phenoxy) is 1. The molecule has 0 spiro atoms. The van der Waals surface area contributed by atoms with Crippen LogP contribution >= 0.6 is 0 Å². The molecule has 0 fully saturated rings. The topological polar surface area (TPSA) is 293 Å². The van der Waals surface area contributed by atoms with Crippen LogP contribution < -0.4 is 11.5 Å². The Morgan fingerprint density at radius 2 is 1.28 bits per heavy atom. The molecule has 15 heteroatoms. The van der Waals surface area contributed by atoms with Crippen LogP contribution in [0.2, 0.25) is 0 Å². The van der Waals surface area contributed by atoms with Crippen LogP contribution in [0.25, 0.3) is 0 Å². The van der Waals surface area contributed by atoms with Crippen LogP contribution in [0, 0.1) is 23.7 Å². The predicted octanol–water partition coefficient (Wildman–Crippen LogP) is 5.59. The summed E-state index contributed by atoms with van der Waals surface area (Å²) in [5, 5.41) is 108. The van der Waals surface area contributed by atoms with Gasteiger partial charge in [0.05, 0.1) is 67.0 Å². The molecule has 1 aliphatic heterocycles. The molecule has 0 aliphatic carbocycles. The monoisotopic (exact) mass is 958 g/mol. The van der Waals surface area contributed by atoms with E-state index >= 15 is 0 Å². The molecule has 1 aliphatic rings. The van der Waals surface area contributed by atoms with E-state index in [1.165, 1.54) is 0 Å². The molecule has 15 atom stereocenters. The number of guanidine groups is 1. The van der Waals surface area contributed by atoms with Crippen molar-refractivity contribution in [1.29, 1.82) is 0 Å². The van der Waals surface area contributed by atoms with Gasteiger partial charge in [-0.2, -0.15) is 0 Å². The van der Waals surface area contributed by atoms with Crippen LogP contribution in [0.4, 0.5) is 0 Å². The quantitative estimate of drug-likeness (QED) is 0.0395. The number of rotatable bonds is 11. The minimum absolute atomic E-state index is 0.0123. The Balaban J connectivity index is 3.30. The number of allylic oxidation sites excluding steroid dienone is 1. The zero-order valence-electron chi connectivity index (χ0n) is 42.4. The summed E-state index contributed by atoms with van der Waals surface area (Å²) in [6, 6.07) is 0. The lowest BCUT2D eigenvalue weighted by molar-refractivity contribution is -0.167. The van der Waals surface area contributed by atoms with Gasteiger partial charge in [-0.1, -0.05) is 77.5 Å². The second-order valence-electron chi connectivity index (χ2n) is 20.5. The van der Waals surface area contributed by atoms with E-state index in [-0.39, 0.29) is 49.9 Å². The number of carbonyl (C=O) groups excluding carboxylic acids is 1. The number of esters is 1. The van der Waals surface area contributed by atoms with E-state index < -0.39 is 84.9 Å². The van der Waals surface area contributed by atoms with Gasteiger partial charge in [-0.25, -0.2) is 0 Å². The van der Waals surface area contributed by atoms with Crippen molar-refractivity contribution in [3.63, 3.8) is 0 Å². The van der Waals surface area contributed by atoms with Crippen LogP contribution in [0.3, 0.4) is 0 Å². The van der Waals surface area contributed by atoms with E-state index in [0.717, 1.165) is 37.7 Å². The number of aliphatic imine (C=N–C) groups is 1. The summed E-state index contributed by atoms with van der Waals surface area (Å²) < 4.78 is 6.39. The molecule has 394 valence electrons. The average molecular weight is 958 g/mol. The molecule has 0 amide bonds. The summed E-state index contributed by atoms with van der Waals surface area (Å²) in [6.07, 6.45) is 6.32. The van der Waals surface area contributed by atoms with Crippen molar-refractivity contribution in [2.45, 2.75) is 263 Å². The third kappa shape index (κ3) is 28.9. The summed E-state index contributed by atoms with van der Waals surface area (Å²) >= 11 is 0. The summed E-state index contributed by atoms with van der Waals surface area (Å²) in [4.78, 5) is 18.3. The van der Waals surface area contributed by atoms with Gasteiger partial charge in [0.25, 0.3) is 0 Å². The van der Waals surface area contributed by atoms with Gasteiger partial charge >= 0.3 is 5.97 Å². The van der Waals surface area contributed by atoms with E-state index in [1.54, 1.807) is 13.0 Å². The first-order valence-corrected chi connectivity index (χ1v) is 26.0. The van der Waals surface area contributed by atoms with E-state index in [9.17, 15) is 55.9 Å². The van der Waals surface area contributed by atoms with Crippen molar-refractivity contribution < 1.29 is 60.6 Å². The fourth-order valence-electron chi connectivity index (χ4n) is 9.43. The Hall–Kier alpha value is -2.18. The minimum atomic E-state index is -1.03. The van der Waals surface area contributed by atoms with Gasteiger partial charge in [0.2, 0.25) is 0 Å². The Labute approximate surface area is 404 Å². The minimum Gasteiger partial charge on any atom is -0.461 e. The molecule has 0 aromatic rings. The lowest BCUT2D eigenvalue weighted by Gasteiger charge is -2.34. The number of hydrogen-bond donors (Lipinski definition) is 12. The van der Waals surface area contributed by atoms with Crippen molar-refractivity contribution in [3.8, 4) is 0 Å². The molecule has 14 N–H and O–H groups in total. The van der Waals surface area contributed by atoms with Crippen molar-refractivity contribution in [2.75, 3.05) is 6.54 Å². The van der Waals surface area contributed by atoms with Gasteiger partial charge in [0.1, 0.15) is 6.10 Å². The maximum Gasteiger partial charge on any atom is 0.311 e. The molecule has 0 saturated carbocycles. The van der Waals surface area contributed by atoms with E-state index in [1.807, 2.05) is 27.7 Å². The third-order valence-corrected chi connectivity index (χ3v) is 13.9. The second-order valence-corrected chi connectivity index (χ2v) is 20.5. The second kappa shape index (κ2) is 35.8. The first-order chi connectivity index (χ1) is 31.6. The van der Waals surface area contributed by atoms with Gasteiger partial charge in [-0.05, 0) is 147 Å². The highest BCUT2D eigenvalue weighted by atomic mass is 16.5. The normalized spacial score (nSPS) is 35.2. The molecular formula is C52H99N3O12. The van der Waals surface area contributed by atoms with Crippen LogP contribution in [-0.2, 0) is 9.53 Å². The maximum absolute atomic E-state index is 14.3. The SMILES string of the molecule is CCCCCCC1C(=O)OC(C(C)C(O)CCCN=C(N)N)C(C)/C=C(\C)CCCCC(O)CC(O)CC(O)CC(O)CC(O)C/C=C(\C)C(O)CCCC(O)CCCC(O)CCC(C)C1O. The third-order valence-electron chi connectivity index (χ3n) is 13.9. The summed E-state index contributed by atoms with van der Waals surface area (Å²) in [7, 11) is 0. The Kier molecular flexibility index (Phi) is 33.6. The molecule has 0 saturated heterocycles. The lowest BCUT2D eigenvalue weighted by atomic mass is 9.83. The summed E-state index contributed by atoms with van der Waals surface area (Å²) in [6.45, 7) is 11.9. The van der Waals surface area contributed by atoms with Crippen LogP contribution in [0.1, 0.15) is 196 Å². The number of cyclic esters (lactones) is 1. The van der Waals surface area contributed by atoms with Crippen molar-refractivity contribution in [3.05, 3.63) is 23.3 Å². The first kappa shape index (κ1) is 62.8. The van der Waals surface area contributed by atoms with Gasteiger partial charge in [-0.3, -0.25) is 9.79 Å². The van der Waals surface area contributed by atoms with Gasteiger partial charge in [-0.15, -0.1) is 0 Å². The molecular weight excluding hydrogens is 859 g/mol. The molecule has 1 rings (SSSR count). The number of aliphatic hydroxyl groups is 10. The van der Waals surface area contributed by atoms with Crippen LogP contribution in [0.5, 0.6) is 0 Å². The Morgan fingerprint density at radius 3 is 1.90 bits per heavy atom. The lowest BCUT2D eigenvalue weighted by Crippen LogP contribution is -2.42.